The van der Waals surface area contributed by atoms with Gasteiger partial charge in [-0.3, -0.25) is 13.8 Å². The molecule has 0 aliphatic rings. The highest BCUT2D eigenvalue weighted by atomic mass is 31.2. The summed E-state index contributed by atoms with van der Waals surface area (Å²) in [5.41, 5.74) is 0. The van der Waals surface area contributed by atoms with Crippen molar-refractivity contribution in [3.63, 3.8) is 0 Å². The van der Waals surface area contributed by atoms with E-state index in [-0.39, 0.29) is 25.8 Å². The van der Waals surface area contributed by atoms with Gasteiger partial charge >= 0.3 is 13.8 Å². The minimum atomic E-state index is -4.28. The number of likely N-dealkylation sites (N-methyl/N-ethyl adjacent to an activating group) is 1. The van der Waals surface area contributed by atoms with E-state index in [2.05, 4.69) is 13.8 Å². The van der Waals surface area contributed by atoms with Gasteiger partial charge in [0.05, 0.1) is 34.0 Å². The third kappa shape index (κ3) is 36.4. The van der Waals surface area contributed by atoms with Crippen molar-refractivity contribution < 1.29 is 37.3 Å². The van der Waals surface area contributed by atoms with E-state index in [4.69, 9.17) is 18.5 Å². The quantitative estimate of drug-likeness (QED) is 0.0226. The van der Waals surface area contributed by atoms with E-state index in [9.17, 15) is 14.3 Å². The lowest BCUT2D eigenvalue weighted by atomic mass is 10.0. The van der Waals surface area contributed by atoms with Crippen molar-refractivity contribution in [1.82, 2.24) is 0 Å². The number of allylic oxidation sites excluding steroid dienone is 1. The van der Waals surface area contributed by atoms with Gasteiger partial charge < -0.3 is 18.9 Å². The Labute approximate surface area is 297 Å². The van der Waals surface area contributed by atoms with Crippen LogP contribution in [-0.4, -0.2) is 69.0 Å². The maximum absolute atomic E-state index is 12.6. The molecular weight excluding hydrogens is 625 g/mol. The lowest BCUT2D eigenvalue weighted by Gasteiger charge is -2.24. The van der Waals surface area contributed by atoms with E-state index >= 15 is 0 Å². The summed E-state index contributed by atoms with van der Waals surface area (Å²) in [6.45, 7) is 4.93. The Morgan fingerprint density at radius 1 is 0.646 bits per heavy atom. The second-order valence-corrected chi connectivity index (χ2v) is 16.2. The molecule has 1 unspecified atom stereocenters. The van der Waals surface area contributed by atoms with Crippen LogP contribution in [0.3, 0.4) is 0 Å². The molecule has 0 aliphatic heterocycles. The first-order valence-electron chi connectivity index (χ1n) is 20.0. The summed E-state index contributed by atoms with van der Waals surface area (Å²) >= 11 is 0. The Morgan fingerprint density at radius 3 is 1.54 bits per heavy atom. The number of hydrogen-bond donors (Lipinski definition) is 1. The summed E-state index contributed by atoms with van der Waals surface area (Å²) < 4.78 is 34.6. The van der Waals surface area contributed by atoms with Crippen LogP contribution in [0.1, 0.15) is 181 Å². The fraction of sp³-hybridized carbons (Fsp3) is 0.923. The summed E-state index contributed by atoms with van der Waals surface area (Å²) in [6.07, 6.45) is 34.8. The maximum Gasteiger partial charge on any atom is 0.472 e. The molecule has 0 aromatic heterocycles. The minimum Gasteiger partial charge on any atom is -0.498 e. The lowest BCUT2D eigenvalue weighted by Crippen LogP contribution is -2.37. The number of ether oxygens (including phenoxy) is 2. The highest BCUT2D eigenvalue weighted by Crippen LogP contribution is 2.43. The predicted octanol–water partition coefficient (Wildman–Crippen LogP) is 11.5. The number of phosphoric acid groups is 1. The molecule has 8 nitrogen and oxygen atoms in total. The molecule has 0 radical (unpaired) electrons. The third-order valence-electron chi connectivity index (χ3n) is 8.67. The van der Waals surface area contributed by atoms with Crippen LogP contribution in [0, 0.1) is 0 Å². The first-order valence-corrected chi connectivity index (χ1v) is 21.5. The second kappa shape index (κ2) is 33.2. The van der Waals surface area contributed by atoms with Gasteiger partial charge in [0.2, 0.25) is 0 Å². The maximum atomic E-state index is 12.6. The van der Waals surface area contributed by atoms with Crippen LogP contribution in [0.4, 0.5) is 0 Å². The van der Waals surface area contributed by atoms with E-state index in [1.165, 1.54) is 128 Å². The number of carbonyl (C=O) groups is 1. The molecule has 0 amide bonds. The number of quaternary nitrogens is 1. The number of nitrogens with zero attached hydrogens (tertiary/aromatic N) is 1. The average Bonchev–Trinajstić information content (AvgIpc) is 3.03. The number of rotatable bonds is 37. The Balaban J connectivity index is 4.28. The zero-order valence-corrected chi connectivity index (χ0v) is 33.1. The number of hydrogen-bond acceptors (Lipinski definition) is 6. The van der Waals surface area contributed by atoms with Crippen molar-refractivity contribution in [3.05, 3.63) is 12.3 Å². The van der Waals surface area contributed by atoms with Gasteiger partial charge in [-0.05, 0) is 25.3 Å². The molecule has 1 N–H and O–H groups in total. The number of carbonyl (C=O) groups excluding carboxylic acids is 1. The average molecular weight is 705 g/mol. The number of phosphoric ester groups is 1. The predicted molar refractivity (Wildman–Crippen MR) is 201 cm³/mol. The molecule has 0 heterocycles. The molecule has 286 valence electrons. The Bertz CT molecular complexity index is 787. The summed E-state index contributed by atoms with van der Waals surface area (Å²) in [6, 6.07) is 0. The standard InChI is InChI=1S/C39H78NO7P/c1-6-8-10-12-14-16-18-19-20-21-22-23-25-27-29-31-34-44-36-38(37-46-48(42,43)45-35-33-40(3,4)5)47-39(41)32-30-28-26-24-17-15-13-11-9-7-2/h31,34,38H,6-30,32-33,35-37H2,1-5H3/p+1/b34-31+/t38-/m0/s1. The van der Waals surface area contributed by atoms with Gasteiger partial charge in [-0.1, -0.05) is 155 Å². The molecule has 0 saturated heterocycles. The van der Waals surface area contributed by atoms with E-state index in [0.29, 0.717) is 17.4 Å². The van der Waals surface area contributed by atoms with Gasteiger partial charge in [-0.2, -0.15) is 0 Å². The van der Waals surface area contributed by atoms with E-state index in [0.717, 1.165) is 32.1 Å². The third-order valence-corrected chi connectivity index (χ3v) is 9.66. The molecule has 0 rings (SSSR count). The van der Waals surface area contributed by atoms with Crippen LogP contribution >= 0.6 is 7.82 Å². The van der Waals surface area contributed by atoms with Gasteiger partial charge in [0, 0.05) is 6.42 Å². The van der Waals surface area contributed by atoms with Crippen LogP contribution in [0.2, 0.25) is 0 Å². The van der Waals surface area contributed by atoms with Gasteiger partial charge in [-0.15, -0.1) is 0 Å². The molecule has 0 aliphatic carbocycles. The lowest BCUT2D eigenvalue weighted by molar-refractivity contribution is -0.870. The van der Waals surface area contributed by atoms with E-state index < -0.39 is 13.9 Å². The van der Waals surface area contributed by atoms with Crippen LogP contribution in [0.5, 0.6) is 0 Å². The van der Waals surface area contributed by atoms with Crippen molar-refractivity contribution >= 4 is 13.8 Å². The van der Waals surface area contributed by atoms with Crippen LogP contribution in [0.25, 0.3) is 0 Å². The van der Waals surface area contributed by atoms with Gasteiger partial charge in [0.25, 0.3) is 0 Å². The first kappa shape index (κ1) is 47.1. The molecule has 48 heavy (non-hydrogen) atoms. The molecule has 0 aromatic rings. The molecule has 0 bridgehead atoms. The Morgan fingerprint density at radius 2 is 1.08 bits per heavy atom. The highest BCUT2D eigenvalue weighted by Gasteiger charge is 2.26. The minimum absolute atomic E-state index is 0.0535. The molecule has 0 saturated carbocycles. The first-order chi connectivity index (χ1) is 23.1. The second-order valence-electron chi connectivity index (χ2n) is 14.7. The van der Waals surface area contributed by atoms with Crippen LogP contribution in [-0.2, 0) is 27.9 Å². The zero-order chi connectivity index (χ0) is 35.6. The smallest absolute Gasteiger partial charge is 0.472 e. The highest BCUT2D eigenvalue weighted by molar-refractivity contribution is 7.47. The summed E-state index contributed by atoms with van der Waals surface area (Å²) in [4.78, 5) is 22.7. The van der Waals surface area contributed by atoms with Crippen LogP contribution in [0.15, 0.2) is 12.3 Å². The molecule has 0 fully saturated rings. The molecule has 9 heteroatoms. The van der Waals surface area contributed by atoms with Gasteiger partial charge in [-0.25, -0.2) is 4.57 Å². The molecule has 2 atom stereocenters. The molecular formula is C39H79NO7P+. The summed E-state index contributed by atoms with van der Waals surface area (Å²) in [7, 11) is 1.64. The zero-order valence-electron chi connectivity index (χ0n) is 32.2. The van der Waals surface area contributed by atoms with Crippen molar-refractivity contribution in [2.45, 2.75) is 187 Å². The van der Waals surface area contributed by atoms with Gasteiger partial charge in [0.15, 0.2) is 6.10 Å². The Kier molecular flexibility index (Phi) is 32.6. The fourth-order valence-corrected chi connectivity index (χ4v) is 6.26. The van der Waals surface area contributed by atoms with Crippen molar-refractivity contribution in [1.29, 1.82) is 0 Å². The topological polar surface area (TPSA) is 91.3 Å². The fourth-order valence-electron chi connectivity index (χ4n) is 5.52. The van der Waals surface area contributed by atoms with E-state index in [1.807, 2.05) is 27.2 Å². The number of esters is 1. The Hall–Kier alpha value is -0.920. The van der Waals surface area contributed by atoms with E-state index in [1.54, 1.807) is 6.26 Å². The summed E-state index contributed by atoms with van der Waals surface area (Å²) in [5, 5.41) is 0. The van der Waals surface area contributed by atoms with Gasteiger partial charge in [0.1, 0.15) is 19.8 Å². The SMILES string of the molecule is CCCCCCCCCCCCCCCC/C=C/OC[C@@H](COP(=O)(O)OCC[N+](C)(C)C)OC(=O)CCCCCCCCCCCC. The normalized spacial score (nSPS) is 14.0. The van der Waals surface area contributed by atoms with Crippen molar-refractivity contribution in [2.75, 3.05) is 47.5 Å². The summed E-state index contributed by atoms with van der Waals surface area (Å²) in [5.74, 6) is -0.336. The molecule has 0 spiro atoms. The number of unbranched alkanes of at least 4 members (excludes halogenated alkanes) is 23. The van der Waals surface area contributed by atoms with Crippen LogP contribution < -0.4 is 0 Å². The largest absolute Gasteiger partial charge is 0.498 e. The monoisotopic (exact) mass is 705 g/mol. The molecule has 0 aromatic carbocycles. The van der Waals surface area contributed by atoms with Crippen molar-refractivity contribution in [3.8, 4) is 0 Å². The van der Waals surface area contributed by atoms with Crippen molar-refractivity contribution in [2.24, 2.45) is 0 Å².